The highest BCUT2D eigenvalue weighted by molar-refractivity contribution is 5.74. The third kappa shape index (κ3) is 11.7. The van der Waals surface area contributed by atoms with Crippen LogP contribution in [0.3, 0.4) is 0 Å². The molecule has 230 valence electrons. The molecule has 2 saturated heterocycles. The Morgan fingerprint density at radius 1 is 0.725 bits per heavy atom. The highest BCUT2D eigenvalue weighted by Gasteiger charge is 2.32. The molecule has 40 heavy (non-hydrogen) atoms. The van der Waals surface area contributed by atoms with Crippen LogP contribution in [0.5, 0.6) is 0 Å². The first kappa shape index (κ1) is 33.9. The van der Waals surface area contributed by atoms with E-state index in [1.165, 1.54) is 0 Å². The molecule has 2 aliphatic rings. The summed E-state index contributed by atoms with van der Waals surface area (Å²) in [6.07, 6.45) is 0.198. The summed E-state index contributed by atoms with van der Waals surface area (Å²) in [5.41, 5.74) is 0. The van der Waals surface area contributed by atoms with Gasteiger partial charge in [0.05, 0.1) is 18.1 Å². The first-order chi connectivity index (χ1) is 18.9. The van der Waals surface area contributed by atoms with Crippen LogP contribution in [0.4, 0.5) is 0 Å². The minimum atomic E-state index is -1.04. The number of hydrogen-bond donors (Lipinski definition) is 2. The minimum Gasteiger partial charge on any atom is -0.479 e. The Hall–Kier alpha value is -2.28. The van der Waals surface area contributed by atoms with Crippen molar-refractivity contribution < 1.29 is 57.8 Å². The Bertz CT molecular complexity index is 828. The number of carboxylic acids is 2. The van der Waals surface area contributed by atoms with E-state index in [4.69, 9.17) is 28.4 Å². The number of esters is 2. The first-order valence-electron chi connectivity index (χ1n) is 14.3. The van der Waals surface area contributed by atoms with Crippen molar-refractivity contribution >= 4 is 23.9 Å². The number of carboxylic acid groups (broad SMARTS) is 2. The van der Waals surface area contributed by atoms with Crippen LogP contribution in [0, 0.1) is 17.8 Å². The molecule has 12 heteroatoms. The molecule has 0 aromatic carbocycles. The van der Waals surface area contributed by atoms with Gasteiger partial charge in [0, 0.05) is 6.42 Å². The number of carbonyl (C=O) groups is 4. The largest absolute Gasteiger partial charge is 0.479 e. The summed E-state index contributed by atoms with van der Waals surface area (Å²) in [6.45, 7) is 8.77. The number of carbonyl (C=O) groups excluding carboxylic acids is 2. The van der Waals surface area contributed by atoms with Gasteiger partial charge in [-0.15, -0.1) is 0 Å². The fraction of sp³-hybridized carbons (Fsp3) is 0.857. The van der Waals surface area contributed by atoms with Gasteiger partial charge in [-0.1, -0.05) is 34.6 Å². The zero-order valence-electron chi connectivity index (χ0n) is 24.2. The van der Waals surface area contributed by atoms with E-state index in [2.05, 4.69) is 0 Å². The van der Waals surface area contributed by atoms with E-state index in [1.807, 2.05) is 0 Å². The molecule has 0 saturated carbocycles. The topological polar surface area (TPSA) is 164 Å². The van der Waals surface area contributed by atoms with Gasteiger partial charge in [-0.2, -0.15) is 0 Å². The molecule has 0 amide bonds. The lowest BCUT2D eigenvalue weighted by Crippen LogP contribution is -2.40. The summed E-state index contributed by atoms with van der Waals surface area (Å²) in [7, 11) is 0. The molecule has 2 aliphatic heterocycles. The predicted molar refractivity (Wildman–Crippen MR) is 140 cm³/mol. The molecule has 7 atom stereocenters. The molecule has 0 bridgehead atoms. The zero-order valence-corrected chi connectivity index (χ0v) is 24.2. The quantitative estimate of drug-likeness (QED) is 0.258. The summed E-state index contributed by atoms with van der Waals surface area (Å²) in [5.74, 6) is -3.97. The third-order valence-electron chi connectivity index (χ3n) is 6.94. The highest BCUT2D eigenvalue weighted by atomic mass is 16.7. The fourth-order valence-electron chi connectivity index (χ4n) is 4.53. The summed E-state index contributed by atoms with van der Waals surface area (Å²) in [5, 5.41) is 18.6. The van der Waals surface area contributed by atoms with E-state index < -0.39 is 60.7 Å². The lowest BCUT2D eigenvalue weighted by molar-refractivity contribution is -0.233. The molecule has 2 heterocycles. The highest BCUT2D eigenvalue weighted by Crippen LogP contribution is 2.25. The second kappa shape index (κ2) is 16.9. The average molecular weight is 575 g/mol. The molecule has 0 radical (unpaired) electrons. The van der Waals surface area contributed by atoms with Gasteiger partial charge in [0.25, 0.3) is 0 Å². The predicted octanol–water partition coefficient (Wildman–Crippen LogP) is 3.53. The molecule has 7 unspecified atom stereocenters. The molecule has 2 fully saturated rings. The van der Waals surface area contributed by atoms with Crippen molar-refractivity contribution in [2.45, 2.75) is 123 Å². The van der Waals surface area contributed by atoms with E-state index in [-0.39, 0.29) is 44.0 Å². The Balaban J connectivity index is 1.67. The molecule has 2 N–H and O–H groups in total. The monoisotopic (exact) mass is 574 g/mol. The fourth-order valence-corrected chi connectivity index (χ4v) is 4.53. The van der Waals surface area contributed by atoms with Gasteiger partial charge < -0.3 is 38.6 Å². The van der Waals surface area contributed by atoms with Gasteiger partial charge in [0.1, 0.15) is 13.2 Å². The summed E-state index contributed by atoms with van der Waals surface area (Å²) in [6, 6.07) is 0. The first-order valence-corrected chi connectivity index (χ1v) is 14.3. The third-order valence-corrected chi connectivity index (χ3v) is 6.94. The lowest BCUT2D eigenvalue weighted by Gasteiger charge is -2.32. The number of ether oxygens (including phenoxy) is 6. The van der Waals surface area contributed by atoms with Crippen molar-refractivity contribution in [2.75, 3.05) is 13.2 Å². The van der Waals surface area contributed by atoms with Crippen LogP contribution in [-0.4, -0.2) is 84.3 Å². The Kier molecular flexibility index (Phi) is 14.3. The summed E-state index contributed by atoms with van der Waals surface area (Å²) in [4.78, 5) is 47.5. The van der Waals surface area contributed by atoms with E-state index in [1.54, 1.807) is 34.6 Å². The Labute approximate surface area is 235 Å². The average Bonchev–Trinajstić information content (AvgIpc) is 2.90. The lowest BCUT2D eigenvalue weighted by atomic mass is 10.1. The molecule has 0 aliphatic carbocycles. The van der Waals surface area contributed by atoms with Crippen molar-refractivity contribution in [3.05, 3.63) is 0 Å². The van der Waals surface area contributed by atoms with Gasteiger partial charge in [0.2, 0.25) is 0 Å². The molecule has 0 aromatic heterocycles. The van der Waals surface area contributed by atoms with Gasteiger partial charge in [-0.05, 0) is 56.8 Å². The van der Waals surface area contributed by atoms with E-state index >= 15 is 0 Å². The summed E-state index contributed by atoms with van der Waals surface area (Å²) >= 11 is 0. The van der Waals surface area contributed by atoms with Crippen molar-refractivity contribution in [1.82, 2.24) is 0 Å². The van der Waals surface area contributed by atoms with Crippen LogP contribution in [0.15, 0.2) is 0 Å². The van der Waals surface area contributed by atoms with E-state index in [0.29, 0.717) is 25.7 Å². The standard InChI is InChI=1S/C28H46O12/c1-16(2)24(26(30)31)39-22-10-6-8-19(37-22)14-35-21(29)13-12-18(5)28(34)36-15-20-9-7-11-23(38-20)40-25(17(3)4)27(32)33/h16-20,22-25H,6-15H2,1-5H3,(H,30,31)(H,32,33). The molecule has 2 rings (SSSR count). The maximum atomic E-state index is 12.4. The number of aliphatic carboxylic acids is 2. The summed E-state index contributed by atoms with van der Waals surface area (Å²) < 4.78 is 33.5. The van der Waals surface area contributed by atoms with Gasteiger partial charge >= 0.3 is 23.9 Å². The molecule has 12 nitrogen and oxygen atoms in total. The number of hydrogen-bond acceptors (Lipinski definition) is 10. The Morgan fingerprint density at radius 3 is 1.60 bits per heavy atom. The van der Waals surface area contributed by atoms with Gasteiger partial charge in [-0.3, -0.25) is 9.59 Å². The van der Waals surface area contributed by atoms with E-state index in [9.17, 15) is 29.4 Å². The van der Waals surface area contributed by atoms with Crippen molar-refractivity contribution in [1.29, 1.82) is 0 Å². The van der Waals surface area contributed by atoms with E-state index in [0.717, 1.165) is 12.8 Å². The van der Waals surface area contributed by atoms with Gasteiger partial charge in [0.15, 0.2) is 24.8 Å². The molecular formula is C28H46O12. The SMILES string of the molecule is CC(CCC(=O)OCC1CCCC(OC(C(=O)O)C(C)C)O1)C(=O)OCC1CCCC(OC(C(=O)O)C(C)C)O1. The normalized spacial score (nSPS) is 25.7. The minimum absolute atomic E-state index is 0.0225. The number of rotatable bonds is 16. The molecule has 0 spiro atoms. The van der Waals surface area contributed by atoms with Crippen LogP contribution in [0.1, 0.15) is 86.0 Å². The second-order valence-electron chi connectivity index (χ2n) is 11.3. The van der Waals surface area contributed by atoms with Crippen LogP contribution in [-0.2, 0) is 47.6 Å². The second-order valence-corrected chi connectivity index (χ2v) is 11.3. The Morgan fingerprint density at radius 2 is 1.18 bits per heavy atom. The van der Waals surface area contributed by atoms with Crippen molar-refractivity contribution in [2.24, 2.45) is 17.8 Å². The van der Waals surface area contributed by atoms with Crippen LogP contribution in [0.25, 0.3) is 0 Å². The van der Waals surface area contributed by atoms with Crippen molar-refractivity contribution in [3.63, 3.8) is 0 Å². The van der Waals surface area contributed by atoms with Crippen LogP contribution < -0.4 is 0 Å². The molecular weight excluding hydrogens is 528 g/mol. The molecule has 0 aromatic rings. The van der Waals surface area contributed by atoms with Crippen molar-refractivity contribution in [3.8, 4) is 0 Å². The zero-order chi connectivity index (χ0) is 29.8. The van der Waals surface area contributed by atoms with Gasteiger partial charge in [-0.25, -0.2) is 9.59 Å². The van der Waals surface area contributed by atoms with Crippen LogP contribution >= 0.6 is 0 Å². The maximum absolute atomic E-state index is 12.4. The smallest absolute Gasteiger partial charge is 0.333 e. The maximum Gasteiger partial charge on any atom is 0.333 e. The van der Waals surface area contributed by atoms with Crippen LogP contribution in [0.2, 0.25) is 0 Å².